The molecule has 0 radical (unpaired) electrons. The molecular weight excluding hydrogens is 206 g/mol. The van der Waals surface area contributed by atoms with Crippen LogP contribution in [-0.4, -0.2) is 6.54 Å². The van der Waals surface area contributed by atoms with Gasteiger partial charge in [-0.05, 0) is 28.9 Å². The first kappa shape index (κ1) is 12.0. The lowest BCUT2D eigenvalue weighted by Crippen LogP contribution is -2.11. The van der Waals surface area contributed by atoms with Crippen molar-refractivity contribution in [2.45, 2.75) is 13.5 Å². The first-order valence-electron chi connectivity index (χ1n) is 5.08. The molecule has 0 aliphatic rings. The lowest BCUT2D eigenvalue weighted by molar-refractivity contribution is 0.727. The maximum Gasteiger partial charge on any atom is 0.0205 e. The Hall–Kier alpha value is -1.05. The summed E-state index contributed by atoms with van der Waals surface area (Å²) in [5, 5.41) is 5.96. The fourth-order valence-electron chi connectivity index (χ4n) is 1.62. The molecule has 80 valence electrons. The second-order valence-corrected chi connectivity index (χ2v) is 3.46. The fraction of sp³-hybridized carbons (Fsp3) is 0.231. The van der Waals surface area contributed by atoms with Gasteiger partial charge >= 0.3 is 0 Å². The Morgan fingerprint density at radius 2 is 1.73 bits per heavy atom. The highest BCUT2D eigenvalue weighted by Gasteiger charge is 1.94. The predicted molar refractivity (Wildman–Crippen MR) is 68.6 cm³/mol. The fourth-order valence-corrected chi connectivity index (χ4v) is 1.62. The molecule has 0 spiro atoms. The van der Waals surface area contributed by atoms with Crippen LogP contribution in [0.25, 0.3) is 10.8 Å². The van der Waals surface area contributed by atoms with Crippen LogP contribution in [0.15, 0.2) is 42.5 Å². The minimum Gasteiger partial charge on any atom is -0.313 e. The highest BCUT2D eigenvalue weighted by atomic mass is 35.5. The summed E-state index contributed by atoms with van der Waals surface area (Å²) in [5.41, 5.74) is 1.35. The standard InChI is InChI=1S/C13H15N.ClH/c1-2-14-10-11-7-8-12-5-3-4-6-13(12)9-11;/h3-9,14H,2,10H2,1H3;1H. The molecule has 15 heavy (non-hydrogen) atoms. The Morgan fingerprint density at radius 3 is 2.47 bits per heavy atom. The van der Waals surface area contributed by atoms with E-state index in [2.05, 4.69) is 54.7 Å². The summed E-state index contributed by atoms with van der Waals surface area (Å²) < 4.78 is 0. The Labute approximate surface area is 96.9 Å². The Kier molecular flexibility index (Phi) is 4.60. The van der Waals surface area contributed by atoms with E-state index in [9.17, 15) is 0 Å². The maximum atomic E-state index is 3.33. The summed E-state index contributed by atoms with van der Waals surface area (Å²) in [6.07, 6.45) is 0. The Morgan fingerprint density at radius 1 is 1.00 bits per heavy atom. The monoisotopic (exact) mass is 221 g/mol. The van der Waals surface area contributed by atoms with Crippen molar-refractivity contribution in [1.29, 1.82) is 0 Å². The number of halogens is 1. The van der Waals surface area contributed by atoms with Gasteiger partial charge in [0.05, 0.1) is 0 Å². The third-order valence-electron chi connectivity index (χ3n) is 2.39. The molecule has 0 heterocycles. The largest absolute Gasteiger partial charge is 0.313 e. The zero-order valence-corrected chi connectivity index (χ0v) is 9.68. The van der Waals surface area contributed by atoms with Gasteiger partial charge in [-0.25, -0.2) is 0 Å². The van der Waals surface area contributed by atoms with E-state index < -0.39 is 0 Å². The van der Waals surface area contributed by atoms with Crippen molar-refractivity contribution in [2.75, 3.05) is 6.54 Å². The van der Waals surface area contributed by atoms with Gasteiger partial charge in [0.15, 0.2) is 0 Å². The summed E-state index contributed by atoms with van der Waals surface area (Å²) in [6, 6.07) is 15.1. The van der Waals surface area contributed by atoms with Crippen molar-refractivity contribution in [3.8, 4) is 0 Å². The molecular formula is C13H16ClN. The third kappa shape index (κ3) is 2.95. The molecule has 0 aromatic heterocycles. The Bertz CT molecular complexity index is 426. The van der Waals surface area contributed by atoms with Gasteiger partial charge in [-0.2, -0.15) is 0 Å². The van der Waals surface area contributed by atoms with Crippen LogP contribution in [0.2, 0.25) is 0 Å². The van der Waals surface area contributed by atoms with Crippen LogP contribution >= 0.6 is 12.4 Å². The van der Waals surface area contributed by atoms with Gasteiger partial charge in [0.1, 0.15) is 0 Å². The molecule has 0 aliphatic heterocycles. The maximum absolute atomic E-state index is 3.33. The lowest BCUT2D eigenvalue weighted by Gasteiger charge is -2.03. The third-order valence-corrected chi connectivity index (χ3v) is 2.39. The highest BCUT2D eigenvalue weighted by Crippen LogP contribution is 2.15. The molecule has 2 aromatic rings. The van der Waals surface area contributed by atoms with Crippen molar-refractivity contribution in [3.05, 3.63) is 48.0 Å². The van der Waals surface area contributed by atoms with Crippen LogP contribution in [0.5, 0.6) is 0 Å². The molecule has 0 atom stereocenters. The first-order valence-corrected chi connectivity index (χ1v) is 5.08. The number of hydrogen-bond donors (Lipinski definition) is 1. The van der Waals surface area contributed by atoms with E-state index in [4.69, 9.17) is 0 Å². The minimum atomic E-state index is 0. The average Bonchev–Trinajstić information content (AvgIpc) is 2.26. The van der Waals surface area contributed by atoms with E-state index in [1.54, 1.807) is 0 Å². The predicted octanol–water partition coefficient (Wildman–Crippen LogP) is 3.37. The smallest absolute Gasteiger partial charge is 0.0205 e. The quantitative estimate of drug-likeness (QED) is 0.838. The zero-order chi connectivity index (χ0) is 9.80. The van der Waals surface area contributed by atoms with Crippen LogP contribution < -0.4 is 5.32 Å². The molecule has 0 amide bonds. The summed E-state index contributed by atoms with van der Waals surface area (Å²) in [6.45, 7) is 4.11. The van der Waals surface area contributed by atoms with Crippen LogP contribution in [0, 0.1) is 0 Å². The molecule has 1 N–H and O–H groups in total. The van der Waals surface area contributed by atoms with E-state index in [-0.39, 0.29) is 12.4 Å². The van der Waals surface area contributed by atoms with Gasteiger partial charge in [-0.1, -0.05) is 43.3 Å². The highest BCUT2D eigenvalue weighted by molar-refractivity contribution is 5.85. The van der Waals surface area contributed by atoms with Crippen molar-refractivity contribution >= 4 is 23.2 Å². The molecule has 2 rings (SSSR count). The molecule has 0 saturated carbocycles. The average molecular weight is 222 g/mol. The normalized spacial score (nSPS) is 9.93. The number of fused-ring (bicyclic) bond motifs is 1. The number of nitrogens with one attached hydrogen (secondary N) is 1. The summed E-state index contributed by atoms with van der Waals surface area (Å²) in [7, 11) is 0. The molecule has 0 saturated heterocycles. The zero-order valence-electron chi connectivity index (χ0n) is 8.86. The number of benzene rings is 2. The van der Waals surface area contributed by atoms with Crippen LogP contribution in [-0.2, 0) is 6.54 Å². The van der Waals surface area contributed by atoms with Gasteiger partial charge in [-0.15, -0.1) is 12.4 Å². The van der Waals surface area contributed by atoms with Crippen LogP contribution in [0.3, 0.4) is 0 Å². The number of hydrogen-bond acceptors (Lipinski definition) is 1. The van der Waals surface area contributed by atoms with Crippen LogP contribution in [0.4, 0.5) is 0 Å². The second-order valence-electron chi connectivity index (χ2n) is 3.46. The summed E-state index contributed by atoms with van der Waals surface area (Å²) in [5.74, 6) is 0. The van der Waals surface area contributed by atoms with Crippen molar-refractivity contribution < 1.29 is 0 Å². The van der Waals surface area contributed by atoms with E-state index in [1.807, 2.05) is 0 Å². The molecule has 2 heteroatoms. The molecule has 0 fully saturated rings. The summed E-state index contributed by atoms with van der Waals surface area (Å²) in [4.78, 5) is 0. The lowest BCUT2D eigenvalue weighted by atomic mass is 10.1. The second kappa shape index (κ2) is 5.74. The molecule has 1 nitrogen and oxygen atoms in total. The van der Waals surface area contributed by atoms with Gasteiger partial charge in [0.25, 0.3) is 0 Å². The van der Waals surface area contributed by atoms with E-state index in [1.165, 1.54) is 16.3 Å². The SMILES string of the molecule is CCNCc1ccc2ccccc2c1.Cl. The van der Waals surface area contributed by atoms with Crippen molar-refractivity contribution in [1.82, 2.24) is 5.32 Å². The molecule has 2 aromatic carbocycles. The van der Waals surface area contributed by atoms with E-state index in [0.717, 1.165) is 13.1 Å². The van der Waals surface area contributed by atoms with E-state index >= 15 is 0 Å². The molecule has 0 aliphatic carbocycles. The topological polar surface area (TPSA) is 12.0 Å². The van der Waals surface area contributed by atoms with Gasteiger partial charge in [0.2, 0.25) is 0 Å². The van der Waals surface area contributed by atoms with Gasteiger partial charge in [0, 0.05) is 6.54 Å². The Balaban J connectivity index is 0.00000112. The molecule has 0 unspecified atom stereocenters. The van der Waals surface area contributed by atoms with Gasteiger partial charge < -0.3 is 5.32 Å². The van der Waals surface area contributed by atoms with Crippen molar-refractivity contribution in [3.63, 3.8) is 0 Å². The molecule has 0 bridgehead atoms. The first-order chi connectivity index (χ1) is 6.90. The minimum absolute atomic E-state index is 0. The van der Waals surface area contributed by atoms with E-state index in [0.29, 0.717) is 0 Å². The number of rotatable bonds is 3. The van der Waals surface area contributed by atoms with Gasteiger partial charge in [-0.3, -0.25) is 0 Å². The van der Waals surface area contributed by atoms with Crippen molar-refractivity contribution in [2.24, 2.45) is 0 Å². The summed E-state index contributed by atoms with van der Waals surface area (Å²) >= 11 is 0. The van der Waals surface area contributed by atoms with Crippen LogP contribution in [0.1, 0.15) is 12.5 Å².